The summed E-state index contributed by atoms with van der Waals surface area (Å²) in [5.74, 6) is 0. The zero-order valence-corrected chi connectivity index (χ0v) is 9.29. The molecule has 2 N–H and O–H groups in total. The van der Waals surface area contributed by atoms with Gasteiger partial charge in [0.1, 0.15) is 0 Å². The minimum absolute atomic E-state index is 0.645. The lowest BCUT2D eigenvalue weighted by Gasteiger charge is -2.01. The number of aromatic nitrogens is 1. The van der Waals surface area contributed by atoms with E-state index in [0.29, 0.717) is 6.54 Å². The number of benzene rings is 1. The summed E-state index contributed by atoms with van der Waals surface area (Å²) in [5.41, 5.74) is 7.56. The van der Waals surface area contributed by atoms with Crippen molar-refractivity contribution < 1.29 is 0 Å². The van der Waals surface area contributed by atoms with Crippen molar-refractivity contribution in [2.45, 2.75) is 6.42 Å². The maximum atomic E-state index is 5.49. The number of nitrogens with two attached hydrogens (primary N) is 1. The van der Waals surface area contributed by atoms with E-state index < -0.39 is 0 Å². The van der Waals surface area contributed by atoms with Gasteiger partial charge < -0.3 is 5.73 Å². The molecule has 0 fully saturated rings. The molecule has 0 atom stereocenters. The molecular weight excluding hydrogens is 240 g/mol. The summed E-state index contributed by atoms with van der Waals surface area (Å²) >= 11 is 3.43. The predicted molar refractivity (Wildman–Crippen MR) is 62.2 cm³/mol. The van der Waals surface area contributed by atoms with Crippen molar-refractivity contribution in [2.75, 3.05) is 6.54 Å². The summed E-state index contributed by atoms with van der Waals surface area (Å²) in [7, 11) is 0. The molecule has 72 valence electrons. The summed E-state index contributed by atoms with van der Waals surface area (Å²) < 4.78 is 1.06. The fraction of sp³-hybridized carbons (Fsp3) is 0.182. The third-order valence-corrected chi connectivity index (χ3v) is 2.61. The van der Waals surface area contributed by atoms with Crippen LogP contribution in [0.5, 0.6) is 0 Å². The zero-order chi connectivity index (χ0) is 9.97. The van der Waals surface area contributed by atoms with Crippen LogP contribution in [0.15, 0.2) is 34.8 Å². The van der Waals surface area contributed by atoms with Gasteiger partial charge in [-0.2, -0.15) is 0 Å². The Balaban J connectivity index is 2.52. The summed E-state index contributed by atoms with van der Waals surface area (Å²) in [4.78, 5) is 4.52. The molecule has 1 aromatic carbocycles. The molecule has 0 amide bonds. The van der Waals surface area contributed by atoms with E-state index >= 15 is 0 Å². The van der Waals surface area contributed by atoms with Crippen LogP contribution in [-0.4, -0.2) is 11.5 Å². The minimum Gasteiger partial charge on any atom is -0.330 e. The van der Waals surface area contributed by atoms with Gasteiger partial charge in [-0.3, -0.25) is 4.98 Å². The van der Waals surface area contributed by atoms with Crippen molar-refractivity contribution in [3.05, 3.63) is 40.5 Å². The molecule has 0 aliphatic rings. The minimum atomic E-state index is 0.645. The molecule has 0 spiro atoms. The monoisotopic (exact) mass is 250 g/mol. The third-order valence-electron chi connectivity index (χ3n) is 2.11. The number of rotatable bonds is 2. The standard InChI is InChI=1S/C11H11BrN2/c12-9-3-1-8-2-4-10(5-6-13)14-11(8)7-9/h1-4,7H,5-6,13H2. The molecule has 0 aliphatic carbocycles. The second kappa shape index (κ2) is 4.07. The quantitative estimate of drug-likeness (QED) is 0.890. The highest BCUT2D eigenvalue weighted by molar-refractivity contribution is 9.10. The molecule has 3 heteroatoms. The molecule has 2 aromatic rings. The maximum absolute atomic E-state index is 5.49. The van der Waals surface area contributed by atoms with Gasteiger partial charge in [0.05, 0.1) is 5.52 Å². The Hall–Kier alpha value is -0.930. The molecule has 0 radical (unpaired) electrons. The smallest absolute Gasteiger partial charge is 0.0716 e. The van der Waals surface area contributed by atoms with Crippen LogP contribution in [0, 0.1) is 0 Å². The Morgan fingerprint density at radius 2 is 2.00 bits per heavy atom. The van der Waals surface area contributed by atoms with Gasteiger partial charge in [0, 0.05) is 22.0 Å². The van der Waals surface area contributed by atoms with Gasteiger partial charge in [-0.1, -0.05) is 28.1 Å². The van der Waals surface area contributed by atoms with Crippen molar-refractivity contribution in [1.29, 1.82) is 0 Å². The first-order chi connectivity index (χ1) is 6.79. The van der Waals surface area contributed by atoms with Gasteiger partial charge in [-0.15, -0.1) is 0 Å². The highest BCUT2D eigenvalue weighted by Gasteiger charge is 1.98. The summed E-state index contributed by atoms with van der Waals surface area (Å²) in [6.07, 6.45) is 0.836. The fourth-order valence-corrected chi connectivity index (χ4v) is 1.77. The van der Waals surface area contributed by atoms with E-state index in [-0.39, 0.29) is 0 Å². The van der Waals surface area contributed by atoms with Gasteiger partial charge in [0.2, 0.25) is 0 Å². The van der Waals surface area contributed by atoms with Crippen LogP contribution in [0.1, 0.15) is 5.69 Å². The number of hydrogen-bond donors (Lipinski definition) is 1. The first-order valence-corrected chi connectivity index (χ1v) is 5.34. The Morgan fingerprint density at radius 3 is 2.79 bits per heavy atom. The number of halogens is 1. The molecule has 0 unspecified atom stereocenters. The molecule has 0 saturated carbocycles. The predicted octanol–water partition coefficient (Wildman–Crippen LogP) is 2.50. The molecule has 1 aromatic heterocycles. The summed E-state index contributed by atoms with van der Waals surface area (Å²) in [6.45, 7) is 0.645. The molecule has 0 saturated heterocycles. The van der Waals surface area contributed by atoms with Crippen LogP contribution in [0.25, 0.3) is 10.9 Å². The first-order valence-electron chi connectivity index (χ1n) is 4.55. The van der Waals surface area contributed by atoms with Crippen molar-refractivity contribution in [3.8, 4) is 0 Å². The van der Waals surface area contributed by atoms with E-state index in [4.69, 9.17) is 5.73 Å². The first kappa shape index (κ1) is 9.62. The van der Waals surface area contributed by atoms with Crippen LogP contribution in [0.3, 0.4) is 0 Å². The van der Waals surface area contributed by atoms with E-state index in [1.165, 1.54) is 0 Å². The highest BCUT2D eigenvalue weighted by Crippen LogP contribution is 2.18. The van der Waals surface area contributed by atoms with E-state index in [0.717, 1.165) is 27.5 Å². The van der Waals surface area contributed by atoms with Crippen LogP contribution >= 0.6 is 15.9 Å². The van der Waals surface area contributed by atoms with Crippen LogP contribution in [0.4, 0.5) is 0 Å². The highest BCUT2D eigenvalue weighted by atomic mass is 79.9. The van der Waals surface area contributed by atoms with E-state index in [1.807, 2.05) is 18.2 Å². The summed E-state index contributed by atoms with van der Waals surface area (Å²) in [5, 5.41) is 1.16. The molecule has 1 heterocycles. The van der Waals surface area contributed by atoms with Crippen molar-refractivity contribution in [2.24, 2.45) is 5.73 Å². The number of pyridine rings is 1. The Labute approximate surface area is 91.3 Å². The SMILES string of the molecule is NCCc1ccc2ccc(Br)cc2n1. The normalized spacial score (nSPS) is 10.7. The van der Waals surface area contributed by atoms with Crippen LogP contribution < -0.4 is 5.73 Å². The van der Waals surface area contributed by atoms with Gasteiger partial charge in [-0.05, 0) is 24.7 Å². The van der Waals surface area contributed by atoms with E-state index in [2.05, 4.69) is 33.0 Å². The Morgan fingerprint density at radius 1 is 1.21 bits per heavy atom. The fourth-order valence-electron chi connectivity index (χ4n) is 1.42. The van der Waals surface area contributed by atoms with E-state index in [1.54, 1.807) is 0 Å². The molecule has 0 aliphatic heterocycles. The lowest BCUT2D eigenvalue weighted by molar-refractivity contribution is 0.932. The Kier molecular flexibility index (Phi) is 2.79. The third kappa shape index (κ3) is 1.94. The zero-order valence-electron chi connectivity index (χ0n) is 7.70. The average Bonchev–Trinajstić information content (AvgIpc) is 2.17. The number of fused-ring (bicyclic) bond motifs is 1. The van der Waals surface area contributed by atoms with Crippen LogP contribution in [0.2, 0.25) is 0 Å². The number of hydrogen-bond acceptors (Lipinski definition) is 2. The molecule has 14 heavy (non-hydrogen) atoms. The van der Waals surface area contributed by atoms with Crippen molar-refractivity contribution in [3.63, 3.8) is 0 Å². The largest absolute Gasteiger partial charge is 0.330 e. The van der Waals surface area contributed by atoms with E-state index in [9.17, 15) is 0 Å². The molecule has 2 rings (SSSR count). The second-order valence-corrected chi connectivity index (χ2v) is 4.09. The average molecular weight is 251 g/mol. The van der Waals surface area contributed by atoms with Gasteiger partial charge in [0.25, 0.3) is 0 Å². The molecule has 0 bridgehead atoms. The second-order valence-electron chi connectivity index (χ2n) is 3.18. The van der Waals surface area contributed by atoms with Gasteiger partial charge in [-0.25, -0.2) is 0 Å². The van der Waals surface area contributed by atoms with Gasteiger partial charge in [0.15, 0.2) is 0 Å². The summed E-state index contributed by atoms with van der Waals surface area (Å²) in [6, 6.07) is 10.2. The lowest BCUT2D eigenvalue weighted by atomic mass is 10.2. The topological polar surface area (TPSA) is 38.9 Å². The molecular formula is C11H11BrN2. The maximum Gasteiger partial charge on any atom is 0.0716 e. The lowest BCUT2D eigenvalue weighted by Crippen LogP contribution is -2.04. The molecule has 2 nitrogen and oxygen atoms in total. The Bertz CT molecular complexity index is 454. The van der Waals surface area contributed by atoms with Crippen molar-refractivity contribution in [1.82, 2.24) is 4.98 Å². The number of nitrogens with zero attached hydrogens (tertiary/aromatic N) is 1. The van der Waals surface area contributed by atoms with Crippen molar-refractivity contribution >= 4 is 26.8 Å². The van der Waals surface area contributed by atoms with Gasteiger partial charge >= 0.3 is 0 Å². The van der Waals surface area contributed by atoms with Crippen LogP contribution in [-0.2, 0) is 6.42 Å².